The van der Waals surface area contributed by atoms with E-state index in [1.54, 1.807) is 6.20 Å². The molecule has 0 atom stereocenters. The summed E-state index contributed by atoms with van der Waals surface area (Å²) in [5, 5.41) is 8.57. The number of hydrogen-bond donors (Lipinski definition) is 2. The topological polar surface area (TPSA) is 67.6 Å². The average Bonchev–Trinajstić information content (AvgIpc) is 2.65. The monoisotopic (exact) mass is 190 g/mol. The van der Waals surface area contributed by atoms with E-state index >= 15 is 0 Å². The molecule has 0 radical (unpaired) electrons. The Labute approximate surface area is 77.4 Å². The minimum Gasteiger partial charge on any atom is -0.375 e. The van der Waals surface area contributed by atoms with Crippen molar-refractivity contribution in [2.24, 2.45) is 0 Å². The third-order valence-corrected chi connectivity index (χ3v) is 2.92. The molecule has 0 saturated carbocycles. The van der Waals surface area contributed by atoms with Crippen LogP contribution in [0, 0.1) is 0 Å². The predicted octanol–water partition coefficient (Wildman–Crippen LogP) is 1.75. The summed E-state index contributed by atoms with van der Waals surface area (Å²) in [6.45, 7) is 0. The van der Waals surface area contributed by atoms with Crippen LogP contribution in [0.2, 0.25) is 0 Å². The van der Waals surface area contributed by atoms with E-state index in [0.717, 1.165) is 21.1 Å². The number of aromatic nitrogens is 3. The molecule has 0 amide bonds. The Balaban J connectivity index is 2.64. The Bertz CT molecular complexity index is 580. The van der Waals surface area contributed by atoms with Gasteiger partial charge < -0.3 is 5.73 Å². The van der Waals surface area contributed by atoms with Gasteiger partial charge in [-0.3, -0.25) is 5.10 Å². The SMILES string of the molecule is Nc1nc2ccc3[nH]ncc3c2s1. The van der Waals surface area contributed by atoms with Crippen molar-refractivity contribution in [3.63, 3.8) is 0 Å². The Morgan fingerprint density at radius 1 is 1.38 bits per heavy atom. The fourth-order valence-corrected chi connectivity index (χ4v) is 2.27. The standard InChI is InChI=1S/C8H6N4S/c9-8-11-6-2-1-5-4(3-10-12-5)7(6)13-8/h1-3H,(H2,9,11)(H,10,12). The van der Waals surface area contributed by atoms with E-state index in [0.29, 0.717) is 5.13 Å². The van der Waals surface area contributed by atoms with E-state index in [1.807, 2.05) is 12.1 Å². The summed E-state index contributed by atoms with van der Waals surface area (Å²) in [5.74, 6) is 0. The van der Waals surface area contributed by atoms with Gasteiger partial charge in [0.05, 0.1) is 21.9 Å². The fourth-order valence-electron chi connectivity index (χ4n) is 1.42. The number of aromatic amines is 1. The van der Waals surface area contributed by atoms with Crippen LogP contribution >= 0.6 is 11.3 Å². The highest BCUT2D eigenvalue weighted by atomic mass is 32.1. The van der Waals surface area contributed by atoms with Crippen LogP contribution in [-0.4, -0.2) is 15.2 Å². The fraction of sp³-hybridized carbons (Fsp3) is 0. The van der Waals surface area contributed by atoms with E-state index in [1.165, 1.54) is 11.3 Å². The lowest BCUT2D eigenvalue weighted by molar-refractivity contribution is 1.12. The molecule has 13 heavy (non-hydrogen) atoms. The van der Waals surface area contributed by atoms with Crippen molar-refractivity contribution in [2.45, 2.75) is 0 Å². The van der Waals surface area contributed by atoms with Crippen LogP contribution in [-0.2, 0) is 0 Å². The molecule has 1 aromatic carbocycles. The average molecular weight is 190 g/mol. The number of hydrogen-bond acceptors (Lipinski definition) is 4. The van der Waals surface area contributed by atoms with Gasteiger partial charge >= 0.3 is 0 Å². The highest BCUT2D eigenvalue weighted by molar-refractivity contribution is 7.23. The van der Waals surface area contributed by atoms with E-state index < -0.39 is 0 Å². The van der Waals surface area contributed by atoms with E-state index in [4.69, 9.17) is 5.73 Å². The maximum atomic E-state index is 5.63. The van der Waals surface area contributed by atoms with E-state index in [2.05, 4.69) is 15.2 Å². The van der Waals surface area contributed by atoms with Crippen molar-refractivity contribution in [3.05, 3.63) is 18.3 Å². The molecule has 2 aromatic heterocycles. The lowest BCUT2D eigenvalue weighted by Gasteiger charge is -1.87. The second-order valence-corrected chi connectivity index (χ2v) is 3.83. The molecule has 0 aliphatic rings. The summed E-state index contributed by atoms with van der Waals surface area (Å²) in [7, 11) is 0. The lowest BCUT2D eigenvalue weighted by Crippen LogP contribution is -1.78. The minimum absolute atomic E-state index is 0.601. The van der Waals surface area contributed by atoms with Gasteiger partial charge in [0, 0.05) is 5.39 Å². The third kappa shape index (κ3) is 0.844. The van der Waals surface area contributed by atoms with Crippen molar-refractivity contribution < 1.29 is 0 Å². The zero-order valence-electron chi connectivity index (χ0n) is 6.61. The van der Waals surface area contributed by atoms with Crippen molar-refractivity contribution in [2.75, 3.05) is 5.73 Å². The first-order valence-corrected chi connectivity index (χ1v) is 4.64. The van der Waals surface area contributed by atoms with Crippen LogP contribution in [0.1, 0.15) is 0 Å². The largest absolute Gasteiger partial charge is 0.375 e. The molecular formula is C8H6N4S. The number of benzene rings is 1. The van der Waals surface area contributed by atoms with Gasteiger partial charge in [-0.1, -0.05) is 11.3 Å². The second kappa shape index (κ2) is 2.20. The molecule has 0 aliphatic heterocycles. The maximum Gasteiger partial charge on any atom is 0.181 e. The maximum absolute atomic E-state index is 5.63. The van der Waals surface area contributed by atoms with Crippen LogP contribution in [0.3, 0.4) is 0 Å². The van der Waals surface area contributed by atoms with Crippen LogP contribution in [0.15, 0.2) is 18.3 Å². The molecule has 0 unspecified atom stereocenters. The molecule has 0 fully saturated rings. The summed E-state index contributed by atoms with van der Waals surface area (Å²) in [6, 6.07) is 3.91. The van der Waals surface area contributed by atoms with Gasteiger partial charge in [0.15, 0.2) is 5.13 Å². The number of nitrogens with one attached hydrogen (secondary N) is 1. The quantitative estimate of drug-likeness (QED) is 0.567. The molecule has 5 heteroatoms. The van der Waals surface area contributed by atoms with Crippen LogP contribution in [0.5, 0.6) is 0 Å². The van der Waals surface area contributed by atoms with Gasteiger partial charge in [-0.25, -0.2) is 4.98 Å². The zero-order valence-corrected chi connectivity index (χ0v) is 7.43. The summed E-state index contributed by atoms with van der Waals surface area (Å²) < 4.78 is 1.10. The number of nitrogens with zero attached hydrogens (tertiary/aromatic N) is 2. The molecule has 3 rings (SSSR count). The number of rotatable bonds is 0. The van der Waals surface area contributed by atoms with Crippen molar-refractivity contribution in [3.8, 4) is 0 Å². The van der Waals surface area contributed by atoms with Gasteiger partial charge in [-0.15, -0.1) is 0 Å². The molecular weight excluding hydrogens is 184 g/mol. The minimum atomic E-state index is 0.601. The first-order valence-electron chi connectivity index (χ1n) is 3.83. The number of nitrogens with two attached hydrogens (primary N) is 1. The van der Waals surface area contributed by atoms with Crippen molar-refractivity contribution in [1.82, 2.24) is 15.2 Å². The molecule has 4 nitrogen and oxygen atoms in total. The third-order valence-electron chi connectivity index (χ3n) is 1.99. The number of nitrogen functional groups attached to an aromatic ring is 1. The van der Waals surface area contributed by atoms with E-state index in [-0.39, 0.29) is 0 Å². The van der Waals surface area contributed by atoms with E-state index in [9.17, 15) is 0 Å². The first kappa shape index (κ1) is 6.85. The number of thiazole rings is 1. The van der Waals surface area contributed by atoms with Crippen LogP contribution in [0.25, 0.3) is 21.1 Å². The Morgan fingerprint density at radius 3 is 3.23 bits per heavy atom. The predicted molar refractivity (Wildman–Crippen MR) is 53.7 cm³/mol. The van der Waals surface area contributed by atoms with Gasteiger partial charge in [-0.2, -0.15) is 5.10 Å². The second-order valence-electron chi connectivity index (χ2n) is 2.80. The molecule has 3 N–H and O–H groups in total. The van der Waals surface area contributed by atoms with Crippen molar-refractivity contribution in [1.29, 1.82) is 0 Å². The summed E-state index contributed by atoms with van der Waals surface area (Å²) in [5.41, 5.74) is 7.59. The van der Waals surface area contributed by atoms with Crippen LogP contribution < -0.4 is 5.73 Å². The lowest BCUT2D eigenvalue weighted by atomic mass is 10.2. The highest BCUT2D eigenvalue weighted by Gasteiger charge is 2.05. The summed E-state index contributed by atoms with van der Waals surface area (Å²) >= 11 is 1.49. The normalized spacial score (nSPS) is 11.4. The summed E-state index contributed by atoms with van der Waals surface area (Å²) in [6.07, 6.45) is 1.80. The zero-order chi connectivity index (χ0) is 8.84. The van der Waals surface area contributed by atoms with Gasteiger partial charge in [0.2, 0.25) is 0 Å². The Kier molecular flexibility index (Phi) is 1.16. The smallest absolute Gasteiger partial charge is 0.181 e. The molecule has 2 heterocycles. The first-order chi connectivity index (χ1) is 6.34. The van der Waals surface area contributed by atoms with Crippen LogP contribution in [0.4, 0.5) is 5.13 Å². The van der Waals surface area contributed by atoms with Gasteiger partial charge in [0.25, 0.3) is 0 Å². The molecule has 0 bridgehead atoms. The molecule has 0 saturated heterocycles. The number of fused-ring (bicyclic) bond motifs is 3. The van der Waals surface area contributed by atoms with Gasteiger partial charge in [-0.05, 0) is 12.1 Å². The molecule has 0 aliphatic carbocycles. The Hall–Kier alpha value is -1.62. The number of H-pyrrole nitrogens is 1. The molecule has 0 spiro atoms. The Morgan fingerprint density at radius 2 is 2.31 bits per heavy atom. The summed E-state index contributed by atoms with van der Waals surface area (Å²) in [4.78, 5) is 4.20. The molecule has 3 aromatic rings. The van der Waals surface area contributed by atoms with Gasteiger partial charge in [0.1, 0.15) is 0 Å². The van der Waals surface area contributed by atoms with Crippen molar-refractivity contribution >= 4 is 37.6 Å². The molecule has 64 valence electrons. The highest BCUT2D eigenvalue weighted by Crippen LogP contribution is 2.29. The number of anilines is 1.